The largest absolute Gasteiger partial charge is 0.490 e. The van der Waals surface area contributed by atoms with E-state index < -0.39 is 12.1 Å². The molecule has 0 bridgehead atoms. The lowest BCUT2D eigenvalue weighted by atomic mass is 9.98. The Labute approximate surface area is 131 Å². The maximum absolute atomic E-state index is 12.1. The zero-order chi connectivity index (χ0) is 16.9. The molecular weight excluding hydrogens is 321 g/mol. The first-order chi connectivity index (χ1) is 10.2. The number of fused-ring (bicyclic) bond motifs is 1. The summed E-state index contributed by atoms with van der Waals surface area (Å²) in [5, 5.41) is 7.53. The number of carboxylic acid groups (broad SMARTS) is 1. The van der Waals surface area contributed by atoms with Crippen LogP contribution in [0.2, 0.25) is 0 Å². The third-order valence-electron chi connectivity index (χ3n) is 3.72. The number of hydrogen-bond donors (Lipinski definition) is 2. The van der Waals surface area contributed by atoms with E-state index >= 15 is 0 Å². The molecule has 2 fully saturated rings. The topological polar surface area (TPSA) is 83.6 Å². The van der Waals surface area contributed by atoms with Crippen LogP contribution in [-0.2, 0) is 9.59 Å². The molecule has 2 aliphatic heterocycles. The lowest BCUT2D eigenvalue weighted by Crippen LogP contribution is -2.52. The predicted molar refractivity (Wildman–Crippen MR) is 77.3 cm³/mol. The molecule has 2 rings (SSSR count). The summed E-state index contributed by atoms with van der Waals surface area (Å²) in [5.74, 6) is -1.53. The summed E-state index contributed by atoms with van der Waals surface area (Å²) in [4.78, 5) is 23.1. The first kappa shape index (κ1) is 19.1. The Morgan fingerprint density at radius 2 is 2.00 bits per heavy atom. The van der Waals surface area contributed by atoms with Gasteiger partial charge in [0, 0.05) is 6.04 Å². The fourth-order valence-electron chi connectivity index (χ4n) is 2.57. The van der Waals surface area contributed by atoms with Crippen LogP contribution < -0.4 is 5.73 Å². The highest BCUT2D eigenvalue weighted by Gasteiger charge is 2.38. The normalized spacial score (nSPS) is 29.0. The number of alkyl halides is 3. The van der Waals surface area contributed by atoms with Gasteiger partial charge in [-0.1, -0.05) is 6.92 Å². The number of carbonyl (C=O) groups is 2. The van der Waals surface area contributed by atoms with E-state index in [2.05, 4.69) is 11.8 Å². The number of amides is 1. The van der Waals surface area contributed by atoms with E-state index in [9.17, 15) is 18.0 Å². The van der Waals surface area contributed by atoms with Gasteiger partial charge in [-0.15, -0.1) is 11.8 Å². The zero-order valence-electron chi connectivity index (χ0n) is 12.3. The number of carbonyl (C=O) groups excluding carboxylic acids is 1. The predicted octanol–water partition coefficient (Wildman–Crippen LogP) is 2.20. The molecule has 0 radical (unpaired) electrons. The molecule has 1 amide bonds. The lowest BCUT2D eigenvalue weighted by Gasteiger charge is -2.41. The number of thioether (sulfide) groups is 1. The number of carboxylic acids is 1. The van der Waals surface area contributed by atoms with Crippen LogP contribution in [0.3, 0.4) is 0 Å². The van der Waals surface area contributed by atoms with Crippen molar-refractivity contribution in [3.8, 4) is 0 Å². The minimum absolute atomic E-state index is 0.191. The van der Waals surface area contributed by atoms with Gasteiger partial charge in [0.15, 0.2) is 0 Å². The first-order valence-electron chi connectivity index (χ1n) is 7.18. The van der Waals surface area contributed by atoms with Crippen molar-refractivity contribution < 1.29 is 27.9 Å². The van der Waals surface area contributed by atoms with Crippen LogP contribution in [0.4, 0.5) is 13.2 Å². The molecular formula is C13H21F3N2O3S. The van der Waals surface area contributed by atoms with E-state index in [1.54, 1.807) is 0 Å². The van der Waals surface area contributed by atoms with Crippen LogP contribution in [0.5, 0.6) is 0 Å². The molecule has 128 valence electrons. The van der Waals surface area contributed by atoms with Crippen LogP contribution in [0.15, 0.2) is 0 Å². The van der Waals surface area contributed by atoms with Crippen LogP contribution in [0.1, 0.15) is 39.0 Å². The summed E-state index contributed by atoms with van der Waals surface area (Å²) in [5.41, 5.74) is 5.90. The molecule has 22 heavy (non-hydrogen) atoms. The van der Waals surface area contributed by atoms with Crippen LogP contribution in [0.25, 0.3) is 0 Å². The van der Waals surface area contributed by atoms with Crippen molar-refractivity contribution in [2.24, 2.45) is 5.73 Å². The maximum atomic E-state index is 12.1. The second-order valence-electron chi connectivity index (χ2n) is 5.26. The summed E-state index contributed by atoms with van der Waals surface area (Å²) < 4.78 is 31.7. The molecule has 0 unspecified atom stereocenters. The summed E-state index contributed by atoms with van der Waals surface area (Å²) in [6.45, 7) is 2.17. The van der Waals surface area contributed by atoms with Crippen molar-refractivity contribution in [2.75, 3.05) is 5.75 Å². The molecule has 3 atom stereocenters. The molecule has 3 N–H and O–H groups in total. The van der Waals surface area contributed by atoms with Crippen LogP contribution >= 0.6 is 11.8 Å². The van der Waals surface area contributed by atoms with Gasteiger partial charge in [0.25, 0.3) is 0 Å². The molecule has 0 saturated carbocycles. The van der Waals surface area contributed by atoms with Crippen molar-refractivity contribution >= 4 is 23.6 Å². The highest BCUT2D eigenvalue weighted by molar-refractivity contribution is 7.99. The quantitative estimate of drug-likeness (QED) is 0.763. The minimum atomic E-state index is -5.08. The fourth-order valence-corrected chi connectivity index (χ4v) is 4.01. The molecule has 5 nitrogen and oxygen atoms in total. The Hall–Kier alpha value is -0.960. The maximum Gasteiger partial charge on any atom is 0.490 e. The Balaban J connectivity index is 0.000000295. The number of nitrogens with two attached hydrogens (primary N) is 1. The fraction of sp³-hybridized carbons (Fsp3) is 0.846. The van der Waals surface area contributed by atoms with Gasteiger partial charge >= 0.3 is 12.1 Å². The molecule has 0 aromatic rings. The summed E-state index contributed by atoms with van der Waals surface area (Å²) >= 11 is 1.92. The molecule has 2 aliphatic rings. The van der Waals surface area contributed by atoms with E-state index in [1.165, 1.54) is 6.42 Å². The van der Waals surface area contributed by atoms with E-state index in [0.717, 1.165) is 31.4 Å². The van der Waals surface area contributed by atoms with Crippen LogP contribution in [-0.4, -0.2) is 51.3 Å². The van der Waals surface area contributed by atoms with Gasteiger partial charge in [-0.25, -0.2) is 4.79 Å². The van der Waals surface area contributed by atoms with Gasteiger partial charge in [0.2, 0.25) is 5.91 Å². The van der Waals surface area contributed by atoms with E-state index in [0.29, 0.717) is 11.4 Å². The van der Waals surface area contributed by atoms with Crippen LogP contribution in [0, 0.1) is 0 Å². The number of hydrogen-bond acceptors (Lipinski definition) is 4. The average Bonchev–Trinajstić information content (AvgIpc) is 2.58. The third kappa shape index (κ3) is 5.05. The Morgan fingerprint density at radius 1 is 1.41 bits per heavy atom. The molecule has 2 saturated heterocycles. The van der Waals surface area contributed by atoms with Crippen molar-refractivity contribution in [1.82, 2.24) is 4.90 Å². The number of aliphatic carboxylic acids is 1. The van der Waals surface area contributed by atoms with Crippen molar-refractivity contribution in [2.45, 2.75) is 62.7 Å². The monoisotopic (exact) mass is 342 g/mol. The number of halogens is 3. The van der Waals surface area contributed by atoms with Crippen molar-refractivity contribution in [3.63, 3.8) is 0 Å². The standard InChI is InChI=1S/C11H20N2OS.C2HF3O2/c1-2-8-4-3-5-10-13(8)11(14)9(12)6-7-15-10;3-2(4,5)1(6)7/h8-10H,2-7,12H2,1H3;(H,6,7)/t8-,9+,10+;/m1./s1. The van der Waals surface area contributed by atoms with Gasteiger partial charge in [-0.2, -0.15) is 13.2 Å². The Bertz CT molecular complexity index is 406. The zero-order valence-corrected chi connectivity index (χ0v) is 13.1. The van der Waals surface area contributed by atoms with Gasteiger partial charge in [0.1, 0.15) is 0 Å². The van der Waals surface area contributed by atoms with Crippen molar-refractivity contribution in [1.29, 1.82) is 0 Å². The van der Waals surface area contributed by atoms with E-state index in [1.807, 2.05) is 11.8 Å². The SMILES string of the molecule is CC[C@@H]1CCC[C@@H]2SCC[C@H](N)C(=O)N12.O=C(O)C(F)(F)F. The minimum Gasteiger partial charge on any atom is -0.475 e. The molecule has 0 aromatic heterocycles. The number of piperidine rings is 1. The molecule has 2 heterocycles. The lowest BCUT2D eigenvalue weighted by molar-refractivity contribution is -0.192. The Morgan fingerprint density at radius 3 is 2.50 bits per heavy atom. The highest BCUT2D eigenvalue weighted by Crippen LogP contribution is 2.34. The molecule has 0 aliphatic carbocycles. The smallest absolute Gasteiger partial charge is 0.475 e. The molecule has 0 spiro atoms. The van der Waals surface area contributed by atoms with Gasteiger partial charge in [-0.05, 0) is 37.9 Å². The Kier molecular flexibility index (Phi) is 6.98. The number of rotatable bonds is 1. The average molecular weight is 342 g/mol. The van der Waals surface area contributed by atoms with Gasteiger partial charge in [-0.3, -0.25) is 4.79 Å². The van der Waals surface area contributed by atoms with E-state index in [-0.39, 0.29) is 11.9 Å². The highest BCUT2D eigenvalue weighted by atomic mass is 32.2. The summed E-state index contributed by atoms with van der Waals surface area (Å²) in [7, 11) is 0. The third-order valence-corrected chi connectivity index (χ3v) is 5.04. The second-order valence-corrected chi connectivity index (χ2v) is 6.55. The molecule has 0 aromatic carbocycles. The molecule has 9 heteroatoms. The second kappa shape index (κ2) is 8.05. The first-order valence-corrected chi connectivity index (χ1v) is 8.22. The van der Waals surface area contributed by atoms with Gasteiger partial charge in [0.05, 0.1) is 11.4 Å². The van der Waals surface area contributed by atoms with Crippen molar-refractivity contribution in [3.05, 3.63) is 0 Å². The summed E-state index contributed by atoms with van der Waals surface area (Å²) in [6.07, 6.45) is 0.392. The van der Waals surface area contributed by atoms with Gasteiger partial charge < -0.3 is 15.7 Å². The summed E-state index contributed by atoms with van der Waals surface area (Å²) in [6, 6.07) is 0.183. The van der Waals surface area contributed by atoms with E-state index in [4.69, 9.17) is 15.6 Å². The number of nitrogens with zero attached hydrogens (tertiary/aromatic N) is 1.